The quantitative estimate of drug-likeness (QED) is 0.776. The Kier molecular flexibility index (Phi) is 3.14. The molecule has 2 N–H and O–H groups in total. The molecule has 0 bridgehead atoms. The van der Waals surface area contributed by atoms with Gasteiger partial charge in [0.2, 0.25) is 0 Å². The molecule has 1 aromatic heterocycles. The maximum atomic E-state index is 5.96. The van der Waals surface area contributed by atoms with Crippen LogP contribution in [0.1, 0.15) is 31.4 Å². The molecule has 2 unspecified atom stereocenters. The number of hydrogen-bond acceptors (Lipinski definition) is 2. The van der Waals surface area contributed by atoms with Gasteiger partial charge < -0.3 is 5.73 Å². The van der Waals surface area contributed by atoms with Gasteiger partial charge in [-0.25, -0.2) is 0 Å². The topological polar surface area (TPSA) is 38.9 Å². The normalized spacial score (nSPS) is 27.5. The highest BCUT2D eigenvalue weighted by Gasteiger charge is 2.19. The van der Waals surface area contributed by atoms with Gasteiger partial charge >= 0.3 is 0 Å². The van der Waals surface area contributed by atoms with Crippen LogP contribution >= 0.6 is 0 Å². The fourth-order valence-corrected chi connectivity index (χ4v) is 2.33. The number of nitrogens with two attached hydrogens (primary N) is 1. The molecule has 76 valence electrons. The highest BCUT2D eigenvalue weighted by Crippen LogP contribution is 2.25. The number of hydrogen-bond donors (Lipinski definition) is 1. The van der Waals surface area contributed by atoms with Crippen molar-refractivity contribution in [3.05, 3.63) is 30.1 Å². The molecule has 1 saturated carbocycles. The van der Waals surface area contributed by atoms with E-state index in [0.29, 0.717) is 6.04 Å². The number of rotatable bonds is 2. The van der Waals surface area contributed by atoms with Crippen molar-refractivity contribution in [3.63, 3.8) is 0 Å². The molecule has 1 aromatic rings. The summed E-state index contributed by atoms with van der Waals surface area (Å²) in [6, 6.07) is 6.57. The van der Waals surface area contributed by atoms with Crippen LogP contribution in [0.25, 0.3) is 0 Å². The summed E-state index contributed by atoms with van der Waals surface area (Å²) in [4.78, 5) is 4.36. The zero-order chi connectivity index (χ0) is 9.80. The third-order valence-electron chi connectivity index (χ3n) is 3.05. The molecule has 1 heterocycles. The predicted octanol–water partition coefficient (Wildman–Crippen LogP) is 2.14. The molecular formula is C12H18N2. The Labute approximate surface area is 85.5 Å². The van der Waals surface area contributed by atoms with Gasteiger partial charge in [-0.05, 0) is 43.7 Å². The van der Waals surface area contributed by atoms with Crippen LogP contribution < -0.4 is 5.73 Å². The highest BCUT2D eigenvalue weighted by atomic mass is 14.7. The van der Waals surface area contributed by atoms with E-state index in [4.69, 9.17) is 5.73 Å². The monoisotopic (exact) mass is 190 g/mol. The summed E-state index contributed by atoms with van der Waals surface area (Å²) in [6.45, 7) is 0. The summed E-state index contributed by atoms with van der Waals surface area (Å²) < 4.78 is 0. The van der Waals surface area contributed by atoms with Gasteiger partial charge in [-0.15, -0.1) is 0 Å². The Balaban J connectivity index is 1.91. The van der Waals surface area contributed by atoms with Crippen LogP contribution in [0.3, 0.4) is 0 Å². The smallest absolute Gasteiger partial charge is 0.0406 e. The van der Waals surface area contributed by atoms with E-state index in [-0.39, 0.29) is 0 Å². The molecule has 0 aliphatic heterocycles. The van der Waals surface area contributed by atoms with Crippen LogP contribution in [0, 0.1) is 5.92 Å². The Morgan fingerprint density at radius 1 is 1.36 bits per heavy atom. The lowest BCUT2D eigenvalue weighted by atomic mass is 9.83. The van der Waals surface area contributed by atoms with Crippen molar-refractivity contribution in [1.82, 2.24) is 4.98 Å². The molecule has 2 nitrogen and oxygen atoms in total. The number of pyridine rings is 1. The standard InChI is InChI=1S/C12H18N2/c13-11-5-3-4-10(8-11)9-12-6-1-2-7-14-12/h1-2,6-7,10-11H,3-5,8-9,13H2. The third-order valence-corrected chi connectivity index (χ3v) is 3.05. The molecule has 14 heavy (non-hydrogen) atoms. The van der Waals surface area contributed by atoms with Gasteiger partial charge in [-0.3, -0.25) is 4.98 Å². The maximum Gasteiger partial charge on any atom is 0.0406 e. The Morgan fingerprint density at radius 2 is 2.29 bits per heavy atom. The first-order valence-corrected chi connectivity index (χ1v) is 5.50. The average Bonchev–Trinajstić information content (AvgIpc) is 2.19. The van der Waals surface area contributed by atoms with Gasteiger partial charge in [-0.2, -0.15) is 0 Å². The molecule has 0 saturated heterocycles. The lowest BCUT2D eigenvalue weighted by molar-refractivity contribution is 0.319. The largest absolute Gasteiger partial charge is 0.328 e. The van der Waals surface area contributed by atoms with Gasteiger partial charge in [0.15, 0.2) is 0 Å². The van der Waals surface area contributed by atoms with E-state index in [2.05, 4.69) is 17.1 Å². The van der Waals surface area contributed by atoms with E-state index in [1.807, 2.05) is 12.3 Å². The van der Waals surface area contributed by atoms with Crippen LogP contribution in [0.2, 0.25) is 0 Å². The van der Waals surface area contributed by atoms with Crippen molar-refractivity contribution in [2.75, 3.05) is 0 Å². The van der Waals surface area contributed by atoms with E-state index in [1.54, 1.807) is 0 Å². The summed E-state index contributed by atoms with van der Waals surface area (Å²) in [7, 11) is 0. The van der Waals surface area contributed by atoms with Gasteiger partial charge in [-0.1, -0.05) is 12.5 Å². The summed E-state index contributed by atoms with van der Waals surface area (Å²) in [5, 5.41) is 0. The average molecular weight is 190 g/mol. The van der Waals surface area contributed by atoms with E-state index >= 15 is 0 Å². The summed E-state index contributed by atoms with van der Waals surface area (Å²) in [5.41, 5.74) is 7.17. The Bertz CT molecular complexity index is 271. The first-order valence-electron chi connectivity index (χ1n) is 5.50. The highest BCUT2D eigenvalue weighted by molar-refractivity contribution is 5.04. The second-order valence-electron chi connectivity index (χ2n) is 4.32. The van der Waals surface area contributed by atoms with Crippen LogP contribution in [0.5, 0.6) is 0 Å². The van der Waals surface area contributed by atoms with Gasteiger partial charge in [0, 0.05) is 17.9 Å². The van der Waals surface area contributed by atoms with Crippen molar-refractivity contribution in [2.24, 2.45) is 11.7 Å². The van der Waals surface area contributed by atoms with Crippen LogP contribution in [-0.4, -0.2) is 11.0 Å². The fourth-order valence-electron chi connectivity index (χ4n) is 2.33. The van der Waals surface area contributed by atoms with Crippen molar-refractivity contribution in [2.45, 2.75) is 38.1 Å². The molecule has 2 atom stereocenters. The second kappa shape index (κ2) is 4.56. The molecule has 0 amide bonds. The second-order valence-corrected chi connectivity index (χ2v) is 4.32. The number of aromatic nitrogens is 1. The molecule has 1 fully saturated rings. The zero-order valence-corrected chi connectivity index (χ0v) is 8.52. The lowest BCUT2D eigenvalue weighted by Crippen LogP contribution is -2.28. The minimum atomic E-state index is 0.428. The molecule has 2 heteroatoms. The van der Waals surface area contributed by atoms with Crippen LogP contribution in [0.15, 0.2) is 24.4 Å². The molecular weight excluding hydrogens is 172 g/mol. The van der Waals surface area contributed by atoms with E-state index in [9.17, 15) is 0 Å². The first-order chi connectivity index (χ1) is 6.84. The minimum Gasteiger partial charge on any atom is -0.328 e. The summed E-state index contributed by atoms with van der Waals surface area (Å²) in [6.07, 6.45) is 7.98. The first kappa shape index (κ1) is 9.66. The molecule has 1 aliphatic rings. The van der Waals surface area contributed by atoms with E-state index in [0.717, 1.165) is 12.3 Å². The van der Waals surface area contributed by atoms with E-state index in [1.165, 1.54) is 31.4 Å². The summed E-state index contributed by atoms with van der Waals surface area (Å²) >= 11 is 0. The Morgan fingerprint density at radius 3 is 3.00 bits per heavy atom. The molecule has 0 aromatic carbocycles. The van der Waals surface area contributed by atoms with Gasteiger partial charge in [0.25, 0.3) is 0 Å². The van der Waals surface area contributed by atoms with Crippen LogP contribution in [0.4, 0.5) is 0 Å². The van der Waals surface area contributed by atoms with Crippen molar-refractivity contribution in [3.8, 4) is 0 Å². The SMILES string of the molecule is NC1CCCC(Cc2ccccn2)C1. The predicted molar refractivity (Wildman–Crippen MR) is 57.9 cm³/mol. The molecule has 1 aliphatic carbocycles. The molecule has 0 radical (unpaired) electrons. The van der Waals surface area contributed by atoms with Crippen molar-refractivity contribution >= 4 is 0 Å². The van der Waals surface area contributed by atoms with Crippen molar-refractivity contribution in [1.29, 1.82) is 0 Å². The Hall–Kier alpha value is -0.890. The number of nitrogens with zero attached hydrogens (tertiary/aromatic N) is 1. The lowest BCUT2D eigenvalue weighted by Gasteiger charge is -2.26. The van der Waals surface area contributed by atoms with Crippen molar-refractivity contribution < 1.29 is 0 Å². The third kappa shape index (κ3) is 2.55. The zero-order valence-electron chi connectivity index (χ0n) is 8.52. The maximum absolute atomic E-state index is 5.96. The molecule has 0 spiro atoms. The van der Waals surface area contributed by atoms with Gasteiger partial charge in [0.1, 0.15) is 0 Å². The molecule has 2 rings (SSSR count). The minimum absolute atomic E-state index is 0.428. The fraction of sp³-hybridized carbons (Fsp3) is 0.583. The van der Waals surface area contributed by atoms with Crippen LogP contribution in [-0.2, 0) is 6.42 Å². The summed E-state index contributed by atoms with van der Waals surface area (Å²) in [5.74, 6) is 0.758. The van der Waals surface area contributed by atoms with E-state index < -0.39 is 0 Å². The van der Waals surface area contributed by atoms with Gasteiger partial charge in [0.05, 0.1) is 0 Å².